The second-order valence-corrected chi connectivity index (χ2v) is 6.62. The van der Waals surface area contributed by atoms with Gasteiger partial charge in [-0.3, -0.25) is 0 Å². The Morgan fingerprint density at radius 2 is 2.10 bits per heavy atom. The topological polar surface area (TPSA) is 21.3 Å². The van der Waals surface area contributed by atoms with Crippen molar-refractivity contribution in [3.05, 3.63) is 28.8 Å². The van der Waals surface area contributed by atoms with Crippen molar-refractivity contribution in [2.75, 3.05) is 13.7 Å². The summed E-state index contributed by atoms with van der Waals surface area (Å²) in [5.74, 6) is 1.53. The van der Waals surface area contributed by atoms with Gasteiger partial charge in [0.1, 0.15) is 5.75 Å². The van der Waals surface area contributed by atoms with E-state index in [-0.39, 0.29) is 5.54 Å². The quantitative estimate of drug-likeness (QED) is 0.886. The van der Waals surface area contributed by atoms with Gasteiger partial charge in [0.2, 0.25) is 0 Å². The van der Waals surface area contributed by atoms with Crippen LogP contribution in [0.3, 0.4) is 0 Å². The van der Waals surface area contributed by atoms with E-state index in [9.17, 15) is 0 Å². The molecule has 0 amide bonds. The van der Waals surface area contributed by atoms with Crippen LogP contribution in [0.15, 0.2) is 18.2 Å². The molecular formula is C17H26ClNO. The molecule has 1 aliphatic heterocycles. The van der Waals surface area contributed by atoms with Crippen LogP contribution in [0.5, 0.6) is 5.75 Å². The zero-order chi connectivity index (χ0) is 14.6. The van der Waals surface area contributed by atoms with Crippen LogP contribution in [-0.4, -0.2) is 19.2 Å². The van der Waals surface area contributed by atoms with Gasteiger partial charge in [0.05, 0.1) is 7.11 Å². The van der Waals surface area contributed by atoms with Crippen molar-refractivity contribution in [1.29, 1.82) is 0 Å². The molecule has 1 aliphatic rings. The highest BCUT2D eigenvalue weighted by Crippen LogP contribution is 2.34. The zero-order valence-electron chi connectivity index (χ0n) is 12.8. The summed E-state index contributed by atoms with van der Waals surface area (Å²) in [6.45, 7) is 5.74. The molecule has 0 saturated carbocycles. The summed E-state index contributed by atoms with van der Waals surface area (Å²) in [7, 11) is 1.73. The molecule has 1 unspecified atom stereocenters. The van der Waals surface area contributed by atoms with Gasteiger partial charge in [-0.25, -0.2) is 0 Å². The molecule has 1 aromatic rings. The Hall–Kier alpha value is -0.730. The van der Waals surface area contributed by atoms with E-state index in [1.807, 2.05) is 12.1 Å². The van der Waals surface area contributed by atoms with E-state index in [4.69, 9.17) is 16.3 Å². The SMILES string of the molecule is COc1ccc(Cl)cc1CC1(C(C)C)CCCCCN1. The second kappa shape index (κ2) is 6.82. The van der Waals surface area contributed by atoms with Crippen molar-refractivity contribution in [3.63, 3.8) is 0 Å². The summed E-state index contributed by atoms with van der Waals surface area (Å²) < 4.78 is 5.51. The van der Waals surface area contributed by atoms with Crippen molar-refractivity contribution < 1.29 is 4.74 Å². The Morgan fingerprint density at radius 3 is 2.80 bits per heavy atom. The van der Waals surface area contributed by atoms with E-state index in [1.165, 1.54) is 31.2 Å². The van der Waals surface area contributed by atoms with Crippen LogP contribution in [0.25, 0.3) is 0 Å². The van der Waals surface area contributed by atoms with Crippen LogP contribution in [0.4, 0.5) is 0 Å². The molecule has 1 aromatic carbocycles. The molecule has 0 aromatic heterocycles. The lowest BCUT2D eigenvalue weighted by Crippen LogP contribution is -2.51. The number of rotatable bonds is 4. The summed E-state index contributed by atoms with van der Waals surface area (Å²) >= 11 is 6.17. The zero-order valence-corrected chi connectivity index (χ0v) is 13.6. The van der Waals surface area contributed by atoms with E-state index >= 15 is 0 Å². The fourth-order valence-electron chi connectivity index (χ4n) is 3.24. The minimum atomic E-state index is 0.161. The highest BCUT2D eigenvalue weighted by molar-refractivity contribution is 6.30. The molecule has 0 radical (unpaired) electrons. The van der Waals surface area contributed by atoms with Crippen LogP contribution in [0.2, 0.25) is 5.02 Å². The maximum absolute atomic E-state index is 6.17. The monoisotopic (exact) mass is 295 g/mol. The molecule has 1 fully saturated rings. The van der Waals surface area contributed by atoms with Crippen molar-refractivity contribution >= 4 is 11.6 Å². The molecule has 112 valence electrons. The standard InChI is InChI=1S/C17H26ClNO/c1-13(2)17(9-5-4-6-10-19-17)12-14-11-15(18)7-8-16(14)20-3/h7-8,11,13,19H,4-6,9-10,12H2,1-3H3. The van der Waals surface area contributed by atoms with E-state index < -0.39 is 0 Å². The minimum absolute atomic E-state index is 0.161. The minimum Gasteiger partial charge on any atom is -0.496 e. The number of ether oxygens (including phenoxy) is 1. The molecule has 0 aliphatic carbocycles. The Bertz CT molecular complexity index is 437. The van der Waals surface area contributed by atoms with Crippen LogP contribution >= 0.6 is 11.6 Å². The van der Waals surface area contributed by atoms with E-state index in [0.717, 1.165) is 23.7 Å². The lowest BCUT2D eigenvalue weighted by atomic mass is 9.77. The molecule has 1 atom stereocenters. The normalized spacial score (nSPS) is 23.6. The summed E-state index contributed by atoms with van der Waals surface area (Å²) in [6, 6.07) is 5.92. The molecule has 1 saturated heterocycles. The Morgan fingerprint density at radius 1 is 1.30 bits per heavy atom. The first kappa shape index (κ1) is 15.7. The van der Waals surface area contributed by atoms with Crippen molar-refractivity contribution in [1.82, 2.24) is 5.32 Å². The summed E-state index contributed by atoms with van der Waals surface area (Å²) in [4.78, 5) is 0. The second-order valence-electron chi connectivity index (χ2n) is 6.18. The first-order valence-corrected chi connectivity index (χ1v) is 8.02. The Kier molecular flexibility index (Phi) is 5.34. The average Bonchev–Trinajstić information content (AvgIpc) is 2.66. The van der Waals surface area contributed by atoms with Gasteiger partial charge in [0.25, 0.3) is 0 Å². The van der Waals surface area contributed by atoms with Gasteiger partial charge in [-0.1, -0.05) is 38.3 Å². The molecule has 20 heavy (non-hydrogen) atoms. The first-order valence-electron chi connectivity index (χ1n) is 7.65. The highest BCUT2D eigenvalue weighted by Gasteiger charge is 2.34. The lowest BCUT2D eigenvalue weighted by Gasteiger charge is -2.38. The van der Waals surface area contributed by atoms with Crippen LogP contribution in [0, 0.1) is 5.92 Å². The predicted molar refractivity (Wildman–Crippen MR) is 85.7 cm³/mol. The van der Waals surface area contributed by atoms with Gasteiger partial charge in [0, 0.05) is 10.6 Å². The molecule has 0 spiro atoms. The van der Waals surface area contributed by atoms with Crippen molar-refractivity contribution in [2.24, 2.45) is 5.92 Å². The van der Waals surface area contributed by atoms with Crippen molar-refractivity contribution in [3.8, 4) is 5.75 Å². The lowest BCUT2D eigenvalue weighted by molar-refractivity contribution is 0.223. The van der Waals surface area contributed by atoms with Gasteiger partial charge < -0.3 is 10.1 Å². The number of halogens is 1. The fraction of sp³-hybridized carbons (Fsp3) is 0.647. The van der Waals surface area contributed by atoms with Gasteiger partial charge in [-0.15, -0.1) is 0 Å². The third-order valence-corrected chi connectivity index (χ3v) is 4.87. The molecule has 3 heteroatoms. The van der Waals surface area contributed by atoms with E-state index in [2.05, 4.69) is 25.2 Å². The van der Waals surface area contributed by atoms with Crippen molar-refractivity contribution in [2.45, 2.75) is 51.5 Å². The van der Waals surface area contributed by atoms with Gasteiger partial charge in [-0.2, -0.15) is 0 Å². The largest absolute Gasteiger partial charge is 0.496 e. The molecule has 0 bridgehead atoms. The number of hydrogen-bond donors (Lipinski definition) is 1. The Labute approximate surface area is 127 Å². The van der Waals surface area contributed by atoms with Crippen LogP contribution in [0.1, 0.15) is 45.1 Å². The predicted octanol–water partition coefficient (Wildman–Crippen LogP) is 4.45. The summed E-state index contributed by atoms with van der Waals surface area (Å²) in [6.07, 6.45) is 6.11. The number of methoxy groups -OCH3 is 1. The maximum atomic E-state index is 6.17. The third kappa shape index (κ3) is 3.48. The van der Waals surface area contributed by atoms with Crippen LogP contribution < -0.4 is 10.1 Å². The molecule has 1 heterocycles. The fourth-order valence-corrected chi connectivity index (χ4v) is 3.44. The van der Waals surface area contributed by atoms with Gasteiger partial charge >= 0.3 is 0 Å². The summed E-state index contributed by atoms with van der Waals surface area (Å²) in [5, 5.41) is 4.60. The number of hydrogen-bond acceptors (Lipinski definition) is 2. The average molecular weight is 296 g/mol. The Balaban J connectivity index is 2.30. The van der Waals surface area contributed by atoms with E-state index in [1.54, 1.807) is 7.11 Å². The van der Waals surface area contributed by atoms with Gasteiger partial charge in [-0.05, 0) is 55.5 Å². The first-order chi connectivity index (χ1) is 9.57. The molecule has 2 nitrogen and oxygen atoms in total. The number of benzene rings is 1. The maximum Gasteiger partial charge on any atom is 0.122 e. The third-order valence-electron chi connectivity index (χ3n) is 4.63. The molecule has 1 N–H and O–H groups in total. The summed E-state index contributed by atoms with van der Waals surface area (Å²) in [5.41, 5.74) is 1.37. The molecule has 2 rings (SSSR count). The molecular weight excluding hydrogens is 270 g/mol. The van der Waals surface area contributed by atoms with Crippen LogP contribution in [-0.2, 0) is 6.42 Å². The van der Waals surface area contributed by atoms with Gasteiger partial charge in [0.15, 0.2) is 0 Å². The smallest absolute Gasteiger partial charge is 0.122 e. The highest BCUT2D eigenvalue weighted by atomic mass is 35.5. The number of nitrogens with one attached hydrogen (secondary N) is 1. The van der Waals surface area contributed by atoms with E-state index in [0.29, 0.717) is 5.92 Å².